The van der Waals surface area contributed by atoms with Crippen LogP contribution in [0.25, 0.3) is 0 Å². The van der Waals surface area contributed by atoms with Crippen molar-refractivity contribution in [2.45, 2.75) is 31.4 Å². The number of hydrogen-bond donors (Lipinski definition) is 1. The Morgan fingerprint density at radius 2 is 2.26 bits per heavy atom. The molecule has 124 valence electrons. The summed E-state index contributed by atoms with van der Waals surface area (Å²) in [5.41, 5.74) is 2.74. The van der Waals surface area contributed by atoms with Crippen molar-refractivity contribution in [3.05, 3.63) is 46.2 Å². The van der Waals surface area contributed by atoms with Crippen molar-refractivity contribution < 1.29 is 13.2 Å². The number of nitrogens with one attached hydrogen (secondary N) is 1. The van der Waals surface area contributed by atoms with E-state index in [1.165, 1.54) is 0 Å². The molecule has 1 N–H and O–H groups in total. The van der Waals surface area contributed by atoms with Crippen molar-refractivity contribution in [1.29, 1.82) is 0 Å². The first-order chi connectivity index (χ1) is 11.0. The first kappa shape index (κ1) is 16.4. The first-order valence-corrected chi connectivity index (χ1v) is 9.21. The third-order valence-corrected chi connectivity index (χ3v) is 5.91. The Hall–Kier alpha value is -1.41. The fourth-order valence-electron chi connectivity index (χ4n) is 2.65. The van der Waals surface area contributed by atoms with Gasteiger partial charge in [-0.2, -0.15) is 5.10 Å². The lowest BCUT2D eigenvalue weighted by molar-refractivity contribution is 0.109. The Morgan fingerprint density at radius 1 is 1.43 bits per heavy atom. The summed E-state index contributed by atoms with van der Waals surface area (Å²) in [5, 5.41) is 4.74. The average molecular weight is 356 g/mol. The summed E-state index contributed by atoms with van der Waals surface area (Å²) < 4.78 is 34.6. The molecule has 1 aromatic carbocycles. The quantitative estimate of drug-likeness (QED) is 0.889. The number of benzene rings is 1. The smallest absolute Gasteiger partial charge is 0.240 e. The van der Waals surface area contributed by atoms with Gasteiger partial charge < -0.3 is 4.74 Å². The van der Waals surface area contributed by atoms with Crippen LogP contribution in [0.15, 0.2) is 29.3 Å². The molecular formula is C15H18ClN3O3S. The molecule has 8 heteroatoms. The van der Waals surface area contributed by atoms with Crippen molar-refractivity contribution in [3.63, 3.8) is 0 Å². The third-order valence-electron chi connectivity index (χ3n) is 3.90. The summed E-state index contributed by atoms with van der Waals surface area (Å²) >= 11 is 6.00. The van der Waals surface area contributed by atoms with E-state index in [1.807, 2.05) is 4.68 Å². The van der Waals surface area contributed by atoms with E-state index in [0.717, 1.165) is 17.7 Å². The lowest BCUT2D eigenvalue weighted by Gasteiger charge is -2.15. The molecule has 0 radical (unpaired) electrons. The number of nitrogens with zero attached hydrogens (tertiary/aromatic N) is 2. The highest BCUT2D eigenvalue weighted by atomic mass is 35.5. The minimum absolute atomic E-state index is 0.209. The molecule has 6 nitrogen and oxygen atoms in total. The van der Waals surface area contributed by atoms with Crippen LogP contribution in [-0.2, 0) is 34.3 Å². The number of rotatable bonds is 5. The van der Waals surface area contributed by atoms with E-state index in [4.69, 9.17) is 16.3 Å². The van der Waals surface area contributed by atoms with Crippen molar-refractivity contribution >= 4 is 21.6 Å². The molecule has 2 aromatic rings. The molecule has 0 unspecified atom stereocenters. The molecule has 0 saturated carbocycles. The standard InChI is InChI=1S/C15H18ClN3O3S/c1-11-13(16)3-2-4-15(11)23(20,21)18-6-7-19-14-5-8-22-10-12(14)9-17-19/h2-4,9,18H,5-8,10H2,1H3. The van der Waals surface area contributed by atoms with E-state index in [9.17, 15) is 8.42 Å². The van der Waals surface area contributed by atoms with Gasteiger partial charge in [-0.3, -0.25) is 4.68 Å². The molecule has 1 aromatic heterocycles. The maximum absolute atomic E-state index is 12.4. The second-order valence-corrected chi connectivity index (χ2v) is 7.55. The summed E-state index contributed by atoms with van der Waals surface area (Å²) in [5.74, 6) is 0. The highest BCUT2D eigenvalue weighted by molar-refractivity contribution is 7.89. The van der Waals surface area contributed by atoms with Crippen LogP contribution in [0.3, 0.4) is 0 Å². The number of ether oxygens (including phenoxy) is 1. The molecule has 0 fully saturated rings. The van der Waals surface area contributed by atoms with Gasteiger partial charge in [0.05, 0.1) is 30.9 Å². The summed E-state index contributed by atoms with van der Waals surface area (Å²) in [6.07, 6.45) is 2.58. The van der Waals surface area contributed by atoms with Gasteiger partial charge in [-0.05, 0) is 24.6 Å². The van der Waals surface area contributed by atoms with Gasteiger partial charge in [-0.15, -0.1) is 0 Å². The average Bonchev–Trinajstić information content (AvgIpc) is 2.93. The minimum atomic E-state index is -3.59. The molecule has 0 aliphatic carbocycles. The van der Waals surface area contributed by atoms with Gasteiger partial charge in [0.1, 0.15) is 0 Å². The molecule has 23 heavy (non-hydrogen) atoms. The fraction of sp³-hybridized carbons (Fsp3) is 0.400. The zero-order valence-corrected chi connectivity index (χ0v) is 14.3. The van der Waals surface area contributed by atoms with Crippen LogP contribution in [0.2, 0.25) is 5.02 Å². The summed E-state index contributed by atoms with van der Waals surface area (Å²) in [4.78, 5) is 0.209. The predicted molar refractivity (Wildman–Crippen MR) is 87.0 cm³/mol. The molecular weight excluding hydrogens is 338 g/mol. The van der Waals surface area contributed by atoms with Crippen LogP contribution in [0, 0.1) is 6.92 Å². The Morgan fingerprint density at radius 3 is 3.09 bits per heavy atom. The van der Waals surface area contributed by atoms with Gasteiger partial charge in [0.15, 0.2) is 0 Å². The molecule has 3 rings (SSSR count). The topological polar surface area (TPSA) is 73.2 Å². The molecule has 1 aliphatic rings. The summed E-state index contributed by atoms with van der Waals surface area (Å²) in [7, 11) is -3.59. The van der Waals surface area contributed by atoms with E-state index in [1.54, 1.807) is 31.3 Å². The molecule has 2 heterocycles. The number of aromatic nitrogens is 2. The number of fused-ring (bicyclic) bond motifs is 1. The zero-order chi connectivity index (χ0) is 16.4. The van der Waals surface area contributed by atoms with Crippen LogP contribution in [0.1, 0.15) is 16.8 Å². The molecule has 0 saturated heterocycles. The van der Waals surface area contributed by atoms with Crippen LogP contribution in [0.4, 0.5) is 0 Å². The van der Waals surface area contributed by atoms with E-state index in [0.29, 0.717) is 30.3 Å². The molecule has 0 bridgehead atoms. The van der Waals surface area contributed by atoms with E-state index < -0.39 is 10.0 Å². The number of hydrogen-bond acceptors (Lipinski definition) is 4. The van der Waals surface area contributed by atoms with Crippen molar-refractivity contribution in [2.24, 2.45) is 0 Å². The van der Waals surface area contributed by atoms with Gasteiger partial charge in [0, 0.05) is 29.2 Å². The molecule has 0 spiro atoms. The van der Waals surface area contributed by atoms with Crippen molar-refractivity contribution in [1.82, 2.24) is 14.5 Å². The SMILES string of the molecule is Cc1c(Cl)cccc1S(=O)(=O)NCCn1ncc2c1CCOC2. The Balaban J connectivity index is 1.68. The summed E-state index contributed by atoms with van der Waals surface area (Å²) in [6.45, 7) is 3.69. The van der Waals surface area contributed by atoms with E-state index in [-0.39, 0.29) is 11.4 Å². The van der Waals surface area contributed by atoms with Gasteiger partial charge in [0.2, 0.25) is 10.0 Å². The van der Waals surface area contributed by atoms with Gasteiger partial charge >= 0.3 is 0 Å². The second-order valence-electron chi connectivity index (χ2n) is 5.40. The van der Waals surface area contributed by atoms with Gasteiger partial charge in [-0.1, -0.05) is 17.7 Å². The largest absolute Gasteiger partial charge is 0.376 e. The lowest BCUT2D eigenvalue weighted by atomic mass is 10.2. The maximum Gasteiger partial charge on any atom is 0.240 e. The van der Waals surface area contributed by atoms with E-state index >= 15 is 0 Å². The van der Waals surface area contributed by atoms with Crippen molar-refractivity contribution in [3.8, 4) is 0 Å². The van der Waals surface area contributed by atoms with Crippen LogP contribution in [-0.4, -0.2) is 31.3 Å². The number of sulfonamides is 1. The monoisotopic (exact) mass is 355 g/mol. The number of halogens is 1. The van der Waals surface area contributed by atoms with Crippen LogP contribution >= 0.6 is 11.6 Å². The van der Waals surface area contributed by atoms with E-state index in [2.05, 4.69) is 9.82 Å². The minimum Gasteiger partial charge on any atom is -0.376 e. The van der Waals surface area contributed by atoms with Crippen LogP contribution < -0.4 is 4.72 Å². The maximum atomic E-state index is 12.4. The lowest BCUT2D eigenvalue weighted by Crippen LogP contribution is -2.29. The molecule has 0 atom stereocenters. The predicted octanol–water partition coefficient (Wildman–Crippen LogP) is 1.90. The fourth-order valence-corrected chi connectivity index (χ4v) is 4.16. The molecule has 0 amide bonds. The summed E-state index contributed by atoms with van der Waals surface area (Å²) in [6, 6.07) is 4.86. The van der Waals surface area contributed by atoms with Crippen molar-refractivity contribution in [2.75, 3.05) is 13.2 Å². The first-order valence-electron chi connectivity index (χ1n) is 7.35. The zero-order valence-electron chi connectivity index (χ0n) is 12.8. The highest BCUT2D eigenvalue weighted by Crippen LogP contribution is 2.22. The molecule has 1 aliphatic heterocycles. The van der Waals surface area contributed by atoms with Crippen LogP contribution in [0.5, 0.6) is 0 Å². The Bertz CT molecular complexity index is 817. The van der Waals surface area contributed by atoms with Gasteiger partial charge in [0.25, 0.3) is 0 Å². The second kappa shape index (κ2) is 6.60. The van der Waals surface area contributed by atoms with Gasteiger partial charge in [-0.25, -0.2) is 13.1 Å². The Labute approximate surface area is 140 Å². The Kier molecular flexibility index (Phi) is 4.72. The normalized spacial score (nSPS) is 14.7. The third kappa shape index (κ3) is 3.42. The highest BCUT2D eigenvalue weighted by Gasteiger charge is 2.19.